The van der Waals surface area contributed by atoms with Gasteiger partial charge in [0.15, 0.2) is 0 Å². The van der Waals surface area contributed by atoms with Crippen molar-refractivity contribution in [2.45, 2.75) is 32.4 Å². The third kappa shape index (κ3) is 4.39. The molecule has 4 rings (SSSR count). The van der Waals surface area contributed by atoms with Crippen molar-refractivity contribution < 1.29 is 4.79 Å². The summed E-state index contributed by atoms with van der Waals surface area (Å²) in [6.07, 6.45) is 2.32. The van der Waals surface area contributed by atoms with Crippen molar-refractivity contribution in [2.24, 2.45) is 5.92 Å². The first-order valence-electron chi connectivity index (χ1n) is 10.3. The zero-order valence-corrected chi connectivity index (χ0v) is 17.8. The maximum atomic E-state index is 12.7. The van der Waals surface area contributed by atoms with Crippen LogP contribution in [0.3, 0.4) is 0 Å². The molecule has 0 aliphatic carbocycles. The van der Waals surface area contributed by atoms with E-state index in [1.165, 1.54) is 9.44 Å². The second-order valence-corrected chi connectivity index (χ2v) is 8.90. The monoisotopic (exact) mass is 426 g/mol. The van der Waals surface area contributed by atoms with E-state index >= 15 is 0 Å². The number of thiophene rings is 1. The third-order valence-corrected chi connectivity index (χ3v) is 6.80. The smallest absolute Gasteiger partial charge is 0.329 e. The van der Waals surface area contributed by atoms with Crippen LogP contribution >= 0.6 is 11.3 Å². The number of nitrogens with zero attached hydrogens (tertiary/aromatic N) is 2. The van der Waals surface area contributed by atoms with Gasteiger partial charge < -0.3 is 5.32 Å². The SMILES string of the molecule is CC1CCN([C@H](CNC(=O)Cn2c(=O)[nH]c(=O)c3ccccc32)c2cccs2)CC1. The Morgan fingerprint density at radius 3 is 2.70 bits per heavy atom. The Hall–Kier alpha value is -2.71. The van der Waals surface area contributed by atoms with Crippen molar-refractivity contribution in [2.75, 3.05) is 19.6 Å². The number of likely N-dealkylation sites (tertiary alicyclic amines) is 1. The lowest BCUT2D eigenvalue weighted by atomic mass is 9.97. The minimum atomic E-state index is -0.575. The van der Waals surface area contributed by atoms with Gasteiger partial charge in [0.05, 0.1) is 16.9 Å². The van der Waals surface area contributed by atoms with Crippen LogP contribution in [-0.4, -0.2) is 40.0 Å². The summed E-state index contributed by atoms with van der Waals surface area (Å²) >= 11 is 1.70. The molecule has 0 saturated carbocycles. The van der Waals surface area contributed by atoms with Crippen LogP contribution < -0.4 is 16.6 Å². The summed E-state index contributed by atoms with van der Waals surface area (Å²) in [5, 5.41) is 5.46. The summed E-state index contributed by atoms with van der Waals surface area (Å²) in [5.41, 5.74) is -0.556. The number of hydrogen-bond acceptors (Lipinski definition) is 5. The number of amides is 1. The van der Waals surface area contributed by atoms with Crippen LogP contribution in [0.5, 0.6) is 0 Å². The summed E-state index contributed by atoms with van der Waals surface area (Å²) in [6.45, 7) is 4.67. The van der Waals surface area contributed by atoms with Crippen LogP contribution in [0.15, 0.2) is 51.4 Å². The number of para-hydroxylation sites is 1. The van der Waals surface area contributed by atoms with Gasteiger partial charge >= 0.3 is 5.69 Å². The number of H-pyrrole nitrogens is 1. The molecule has 0 radical (unpaired) electrons. The molecule has 158 valence electrons. The van der Waals surface area contributed by atoms with Gasteiger partial charge in [0.1, 0.15) is 6.54 Å². The topological polar surface area (TPSA) is 87.2 Å². The third-order valence-electron chi connectivity index (χ3n) is 5.83. The van der Waals surface area contributed by atoms with Gasteiger partial charge in [-0.1, -0.05) is 25.1 Å². The standard InChI is InChI=1S/C22H26N4O3S/c1-15-8-10-25(11-9-15)18(19-7-4-12-30-19)13-23-20(27)14-26-17-6-3-2-5-16(17)21(28)24-22(26)29/h2-7,12,15,18H,8-11,13-14H2,1H3,(H,23,27)(H,24,28,29)/t18-/m1/s1. The first-order valence-corrected chi connectivity index (χ1v) is 11.2. The molecule has 3 heterocycles. The number of fused-ring (bicyclic) bond motifs is 1. The molecule has 1 fully saturated rings. The second kappa shape index (κ2) is 8.97. The lowest BCUT2D eigenvalue weighted by molar-refractivity contribution is -0.122. The minimum absolute atomic E-state index is 0.130. The molecule has 1 atom stereocenters. The molecule has 1 aliphatic heterocycles. The van der Waals surface area contributed by atoms with Crippen molar-refractivity contribution in [3.63, 3.8) is 0 Å². The predicted molar refractivity (Wildman–Crippen MR) is 119 cm³/mol. The van der Waals surface area contributed by atoms with E-state index in [9.17, 15) is 14.4 Å². The van der Waals surface area contributed by atoms with Crippen LogP contribution in [0.1, 0.15) is 30.7 Å². The number of benzene rings is 1. The molecule has 7 nitrogen and oxygen atoms in total. The Kier molecular flexibility index (Phi) is 6.15. The van der Waals surface area contributed by atoms with Crippen LogP contribution in [0.2, 0.25) is 0 Å². The Morgan fingerprint density at radius 1 is 1.20 bits per heavy atom. The van der Waals surface area contributed by atoms with Crippen LogP contribution in [0, 0.1) is 5.92 Å². The molecule has 2 N–H and O–H groups in total. The van der Waals surface area contributed by atoms with Crippen molar-refractivity contribution in [3.8, 4) is 0 Å². The molecule has 0 spiro atoms. The quantitative estimate of drug-likeness (QED) is 0.633. The summed E-state index contributed by atoms with van der Waals surface area (Å²) in [5.74, 6) is 0.487. The van der Waals surface area contributed by atoms with Gasteiger partial charge in [-0.15, -0.1) is 11.3 Å². The van der Waals surface area contributed by atoms with Gasteiger partial charge in [-0.3, -0.25) is 24.0 Å². The van der Waals surface area contributed by atoms with Gasteiger partial charge in [0.2, 0.25) is 5.91 Å². The fraction of sp³-hybridized carbons (Fsp3) is 0.409. The van der Waals surface area contributed by atoms with Gasteiger partial charge in [0.25, 0.3) is 5.56 Å². The Morgan fingerprint density at radius 2 is 1.97 bits per heavy atom. The zero-order valence-electron chi connectivity index (χ0n) is 17.0. The Labute approximate surface area is 178 Å². The molecule has 3 aromatic rings. The average Bonchev–Trinajstić information content (AvgIpc) is 3.27. The normalized spacial score (nSPS) is 16.6. The number of carbonyl (C=O) groups excluding carboxylic acids is 1. The number of aromatic amines is 1. The van der Waals surface area contributed by atoms with E-state index in [4.69, 9.17) is 0 Å². The summed E-state index contributed by atoms with van der Waals surface area (Å²) in [4.78, 5) is 43.0. The average molecular weight is 427 g/mol. The maximum absolute atomic E-state index is 12.7. The molecular weight excluding hydrogens is 400 g/mol. The van der Waals surface area contributed by atoms with E-state index in [1.54, 1.807) is 35.6 Å². The second-order valence-electron chi connectivity index (χ2n) is 7.92. The highest BCUT2D eigenvalue weighted by Gasteiger charge is 2.25. The first-order chi connectivity index (χ1) is 14.5. The zero-order chi connectivity index (χ0) is 21.1. The van der Waals surface area contributed by atoms with Gasteiger partial charge in [0, 0.05) is 11.4 Å². The van der Waals surface area contributed by atoms with Crippen LogP contribution in [0.4, 0.5) is 0 Å². The molecule has 8 heteroatoms. The highest BCUT2D eigenvalue weighted by Crippen LogP contribution is 2.29. The fourth-order valence-electron chi connectivity index (χ4n) is 4.04. The van der Waals surface area contributed by atoms with Crippen LogP contribution in [-0.2, 0) is 11.3 Å². The van der Waals surface area contributed by atoms with Crippen molar-refractivity contribution >= 4 is 28.1 Å². The van der Waals surface area contributed by atoms with Crippen molar-refractivity contribution in [1.29, 1.82) is 0 Å². The number of carbonyl (C=O) groups is 1. The molecule has 0 unspecified atom stereocenters. The molecule has 0 bridgehead atoms. The highest BCUT2D eigenvalue weighted by atomic mass is 32.1. The highest BCUT2D eigenvalue weighted by molar-refractivity contribution is 7.10. The number of aromatic nitrogens is 2. The van der Waals surface area contributed by atoms with Gasteiger partial charge in [-0.2, -0.15) is 0 Å². The van der Waals surface area contributed by atoms with E-state index in [2.05, 4.69) is 33.6 Å². The lowest BCUT2D eigenvalue weighted by Gasteiger charge is -2.36. The molecule has 1 aliphatic rings. The van der Waals surface area contributed by atoms with Crippen molar-refractivity contribution in [1.82, 2.24) is 19.8 Å². The minimum Gasteiger partial charge on any atom is -0.353 e. The molecule has 1 saturated heterocycles. The molecule has 1 aromatic carbocycles. The number of rotatable bonds is 6. The number of nitrogens with one attached hydrogen (secondary N) is 2. The van der Waals surface area contributed by atoms with Crippen LogP contribution in [0.25, 0.3) is 10.9 Å². The molecule has 2 aromatic heterocycles. The van der Waals surface area contributed by atoms with E-state index in [0.717, 1.165) is 31.8 Å². The van der Waals surface area contributed by atoms with E-state index < -0.39 is 11.2 Å². The molecular formula is C22H26N4O3S. The number of piperidine rings is 1. The van der Waals surface area contributed by atoms with Crippen molar-refractivity contribution in [3.05, 3.63) is 67.5 Å². The molecule has 1 amide bonds. The fourth-order valence-corrected chi connectivity index (χ4v) is 4.90. The molecule has 30 heavy (non-hydrogen) atoms. The Balaban J connectivity index is 1.49. The van der Waals surface area contributed by atoms with E-state index in [-0.39, 0.29) is 18.5 Å². The van der Waals surface area contributed by atoms with Gasteiger partial charge in [-0.25, -0.2) is 4.79 Å². The maximum Gasteiger partial charge on any atom is 0.329 e. The first kappa shape index (κ1) is 20.6. The van der Waals surface area contributed by atoms with E-state index in [0.29, 0.717) is 17.4 Å². The number of hydrogen-bond donors (Lipinski definition) is 2. The van der Waals surface area contributed by atoms with E-state index in [1.807, 2.05) is 6.07 Å². The Bertz CT molecular complexity index is 1130. The summed E-state index contributed by atoms with van der Waals surface area (Å²) in [6, 6.07) is 11.1. The largest absolute Gasteiger partial charge is 0.353 e. The van der Waals surface area contributed by atoms with Gasteiger partial charge in [-0.05, 0) is 55.4 Å². The summed E-state index contributed by atoms with van der Waals surface area (Å²) in [7, 11) is 0. The lowest BCUT2D eigenvalue weighted by Crippen LogP contribution is -2.43. The summed E-state index contributed by atoms with van der Waals surface area (Å²) < 4.78 is 1.31. The predicted octanol–water partition coefficient (Wildman–Crippen LogP) is 2.34.